The number of rotatable bonds is 4. The Morgan fingerprint density at radius 3 is 2.54 bits per heavy atom. The Labute approximate surface area is 141 Å². The lowest BCUT2D eigenvalue weighted by Gasteiger charge is -2.44. The van der Waals surface area contributed by atoms with Crippen LogP contribution in [-0.2, 0) is 5.41 Å². The van der Waals surface area contributed by atoms with Crippen molar-refractivity contribution in [2.45, 2.75) is 31.1 Å². The molecule has 0 aliphatic carbocycles. The van der Waals surface area contributed by atoms with E-state index in [9.17, 15) is 0 Å². The van der Waals surface area contributed by atoms with Gasteiger partial charge in [-0.25, -0.2) is 0 Å². The molecule has 6 heteroatoms. The summed E-state index contributed by atoms with van der Waals surface area (Å²) in [4.78, 5) is 7.27. The molecule has 0 saturated carbocycles. The molecule has 0 radical (unpaired) electrons. The molecule has 1 aromatic heterocycles. The van der Waals surface area contributed by atoms with Gasteiger partial charge in [0.05, 0.1) is 19.6 Å². The summed E-state index contributed by atoms with van der Waals surface area (Å²) in [6, 6.07) is 5.69. The van der Waals surface area contributed by atoms with E-state index < -0.39 is 0 Å². The van der Waals surface area contributed by atoms with E-state index in [1.165, 1.54) is 25.9 Å². The monoisotopic (exact) mass is 329 g/mol. The predicted octanol–water partition coefficient (Wildman–Crippen LogP) is 2.88. The molecule has 0 spiro atoms. The van der Waals surface area contributed by atoms with Gasteiger partial charge in [0.1, 0.15) is 0 Å². The number of fused-ring (bicyclic) bond motifs is 2. The van der Waals surface area contributed by atoms with Crippen LogP contribution >= 0.6 is 0 Å². The third kappa shape index (κ3) is 2.55. The Bertz CT molecular complexity index is 718. The molecule has 128 valence electrons. The van der Waals surface area contributed by atoms with Gasteiger partial charge >= 0.3 is 0 Å². The maximum Gasteiger partial charge on any atom is 0.234 e. The lowest BCUT2D eigenvalue weighted by Crippen LogP contribution is -2.50. The van der Waals surface area contributed by atoms with E-state index in [-0.39, 0.29) is 5.41 Å². The fraction of sp³-hybridized carbons (Fsp3) is 0.556. The van der Waals surface area contributed by atoms with Crippen LogP contribution < -0.4 is 9.47 Å². The van der Waals surface area contributed by atoms with Gasteiger partial charge in [0.2, 0.25) is 11.7 Å². The van der Waals surface area contributed by atoms with Crippen molar-refractivity contribution in [1.29, 1.82) is 0 Å². The molecule has 1 aromatic carbocycles. The Balaban J connectivity index is 1.65. The van der Waals surface area contributed by atoms with Gasteiger partial charge in [0.15, 0.2) is 11.5 Å². The van der Waals surface area contributed by atoms with Crippen LogP contribution in [0.15, 0.2) is 22.7 Å². The molecule has 2 fully saturated rings. The van der Waals surface area contributed by atoms with Crippen molar-refractivity contribution in [3.8, 4) is 22.9 Å². The Kier molecular flexibility index (Phi) is 3.92. The first-order chi connectivity index (χ1) is 11.7. The van der Waals surface area contributed by atoms with Gasteiger partial charge in [-0.15, -0.1) is 0 Å². The molecule has 0 N–H and O–H groups in total. The van der Waals surface area contributed by atoms with Crippen molar-refractivity contribution >= 4 is 0 Å². The first kappa shape index (κ1) is 15.4. The van der Waals surface area contributed by atoms with Gasteiger partial charge in [-0.1, -0.05) is 5.16 Å². The fourth-order valence-corrected chi connectivity index (χ4v) is 4.08. The van der Waals surface area contributed by atoms with E-state index >= 15 is 0 Å². The molecule has 2 saturated heterocycles. The molecule has 2 aromatic rings. The van der Waals surface area contributed by atoms with E-state index in [0.29, 0.717) is 17.3 Å². The summed E-state index contributed by atoms with van der Waals surface area (Å²) < 4.78 is 16.4. The highest BCUT2D eigenvalue weighted by Crippen LogP contribution is 2.41. The highest BCUT2D eigenvalue weighted by molar-refractivity contribution is 5.60. The van der Waals surface area contributed by atoms with Crippen LogP contribution in [0.1, 0.15) is 31.6 Å². The second-order valence-corrected chi connectivity index (χ2v) is 6.76. The number of aromatic nitrogens is 2. The van der Waals surface area contributed by atoms with Crippen molar-refractivity contribution in [2.24, 2.45) is 0 Å². The second-order valence-electron chi connectivity index (χ2n) is 6.76. The van der Waals surface area contributed by atoms with Gasteiger partial charge < -0.3 is 18.9 Å². The third-order valence-electron chi connectivity index (χ3n) is 5.31. The summed E-state index contributed by atoms with van der Waals surface area (Å²) in [7, 11) is 3.25. The molecule has 0 amide bonds. The quantitative estimate of drug-likeness (QED) is 0.859. The average molecular weight is 329 g/mol. The largest absolute Gasteiger partial charge is 0.493 e. The molecule has 4 rings (SSSR count). The van der Waals surface area contributed by atoms with Gasteiger partial charge in [-0.2, -0.15) is 4.98 Å². The minimum atomic E-state index is 0.0400. The lowest BCUT2D eigenvalue weighted by atomic mass is 9.73. The van der Waals surface area contributed by atoms with Crippen molar-refractivity contribution in [3.63, 3.8) is 0 Å². The van der Waals surface area contributed by atoms with Crippen LogP contribution in [-0.4, -0.2) is 48.9 Å². The van der Waals surface area contributed by atoms with Gasteiger partial charge in [0.25, 0.3) is 0 Å². The normalized spacial score (nSPS) is 26.2. The maximum absolute atomic E-state index is 5.71. The number of nitrogens with zero attached hydrogens (tertiary/aromatic N) is 3. The van der Waals surface area contributed by atoms with Gasteiger partial charge in [-0.3, -0.25) is 0 Å². The molecular formula is C18H23N3O3. The van der Waals surface area contributed by atoms with Crippen molar-refractivity contribution in [3.05, 3.63) is 24.1 Å². The zero-order valence-corrected chi connectivity index (χ0v) is 14.2. The average Bonchev–Trinajstić information content (AvgIpc) is 3.12. The third-order valence-corrected chi connectivity index (χ3v) is 5.31. The summed E-state index contributed by atoms with van der Waals surface area (Å²) in [5.41, 5.74) is 0.917. The van der Waals surface area contributed by atoms with Crippen molar-refractivity contribution in [1.82, 2.24) is 15.0 Å². The van der Waals surface area contributed by atoms with Crippen LogP contribution in [0.5, 0.6) is 11.5 Å². The molecule has 3 heterocycles. The van der Waals surface area contributed by atoms with Crippen LogP contribution in [0.3, 0.4) is 0 Å². The number of benzene rings is 1. The summed E-state index contributed by atoms with van der Waals surface area (Å²) in [6.07, 6.45) is 4.68. The van der Waals surface area contributed by atoms with Crippen LogP contribution in [0.25, 0.3) is 11.4 Å². The second kappa shape index (κ2) is 6.09. The molecule has 2 bridgehead atoms. The first-order valence-electron chi connectivity index (χ1n) is 8.53. The van der Waals surface area contributed by atoms with Crippen LogP contribution in [0.2, 0.25) is 0 Å². The number of ether oxygens (including phenoxy) is 2. The predicted molar refractivity (Wildman–Crippen MR) is 89.4 cm³/mol. The van der Waals surface area contributed by atoms with Crippen LogP contribution in [0.4, 0.5) is 0 Å². The molecule has 2 aliphatic heterocycles. The molecular weight excluding hydrogens is 306 g/mol. The summed E-state index contributed by atoms with van der Waals surface area (Å²) in [5, 5.41) is 4.23. The fourth-order valence-electron chi connectivity index (χ4n) is 4.08. The minimum absolute atomic E-state index is 0.0400. The molecule has 0 atom stereocenters. The standard InChI is InChI=1S/C18H23N3O3/c1-22-14-6-5-13(11-15(14)23-2)16-19-17(24-20-16)18-7-3-9-21(12-18)10-4-8-18/h5-6,11H,3-4,7-10,12H2,1-2H3. The zero-order chi connectivity index (χ0) is 16.6. The molecule has 24 heavy (non-hydrogen) atoms. The maximum atomic E-state index is 5.71. The van der Waals surface area contributed by atoms with E-state index in [0.717, 1.165) is 30.8 Å². The van der Waals surface area contributed by atoms with Crippen LogP contribution in [0, 0.1) is 0 Å². The molecule has 6 nitrogen and oxygen atoms in total. The summed E-state index contributed by atoms with van der Waals surface area (Å²) in [5.74, 6) is 2.76. The summed E-state index contributed by atoms with van der Waals surface area (Å²) in [6.45, 7) is 3.43. The van der Waals surface area contributed by atoms with E-state index in [1.807, 2.05) is 18.2 Å². The number of piperidine rings is 2. The van der Waals surface area contributed by atoms with Crippen molar-refractivity contribution in [2.75, 3.05) is 33.9 Å². The van der Waals surface area contributed by atoms with E-state index in [2.05, 4.69) is 10.1 Å². The number of hydrogen-bond acceptors (Lipinski definition) is 6. The van der Waals surface area contributed by atoms with Gasteiger partial charge in [0, 0.05) is 12.1 Å². The first-order valence-corrected chi connectivity index (χ1v) is 8.53. The lowest BCUT2D eigenvalue weighted by molar-refractivity contribution is 0.0711. The highest BCUT2D eigenvalue weighted by atomic mass is 16.5. The topological polar surface area (TPSA) is 60.6 Å². The zero-order valence-electron chi connectivity index (χ0n) is 14.2. The Morgan fingerprint density at radius 2 is 1.83 bits per heavy atom. The highest BCUT2D eigenvalue weighted by Gasteiger charge is 2.44. The SMILES string of the molecule is COc1ccc(-c2noc(C34CCCN(CCC3)C4)n2)cc1OC. The van der Waals surface area contributed by atoms with Gasteiger partial charge in [-0.05, 0) is 57.0 Å². The smallest absolute Gasteiger partial charge is 0.234 e. The number of hydrogen-bond donors (Lipinski definition) is 0. The summed E-state index contributed by atoms with van der Waals surface area (Å²) >= 11 is 0. The Morgan fingerprint density at radius 1 is 1.08 bits per heavy atom. The molecule has 2 aliphatic rings. The van der Waals surface area contributed by atoms with E-state index in [1.54, 1.807) is 14.2 Å². The van der Waals surface area contributed by atoms with Crippen molar-refractivity contribution < 1.29 is 14.0 Å². The van der Waals surface area contributed by atoms with E-state index in [4.69, 9.17) is 19.0 Å². The Hall–Kier alpha value is -2.08. The molecule has 0 unspecified atom stereocenters. The minimum Gasteiger partial charge on any atom is -0.493 e. The number of methoxy groups -OCH3 is 2.